The molecule has 0 radical (unpaired) electrons. The van der Waals surface area contributed by atoms with Gasteiger partial charge in [0.1, 0.15) is 23.4 Å². The molecule has 1 N–H and O–H groups in total. The highest BCUT2D eigenvalue weighted by atomic mass is 19.1. The number of pyridine rings is 1. The van der Waals surface area contributed by atoms with Crippen LogP contribution >= 0.6 is 0 Å². The Hall–Kier alpha value is -3.16. The van der Waals surface area contributed by atoms with Crippen molar-refractivity contribution in [1.29, 1.82) is 0 Å². The first-order valence-electron chi connectivity index (χ1n) is 9.15. The maximum atomic E-state index is 12.9. The minimum absolute atomic E-state index is 0.129. The Kier molecular flexibility index (Phi) is 6.41. The van der Waals surface area contributed by atoms with Crippen LogP contribution in [-0.2, 0) is 9.59 Å². The topological polar surface area (TPSA) is 74.8 Å². The maximum absolute atomic E-state index is 12.9. The molecule has 1 saturated heterocycles. The smallest absolute Gasteiger partial charge is 0.258 e. The fourth-order valence-electron chi connectivity index (χ4n) is 3.00. The minimum Gasteiger partial charge on any atom is -0.484 e. The molecule has 8 heteroatoms. The summed E-state index contributed by atoms with van der Waals surface area (Å²) in [5.74, 6) is 0.377. The van der Waals surface area contributed by atoms with Crippen LogP contribution < -0.4 is 15.0 Å². The maximum Gasteiger partial charge on any atom is 0.258 e. The standard InChI is InChI=1S/C20H23FN4O3/c1-15(23-19(26)14-28-17-7-5-16(21)6-8-17)20(27)25-12-10-24(11-13-25)18-4-2-3-9-22-18/h2-9,15H,10-14H2,1H3,(H,23,26)/t15-/m0/s1. The predicted octanol–water partition coefficient (Wildman–Crippen LogP) is 1.45. The molecular formula is C20H23FN4O3. The zero-order valence-electron chi connectivity index (χ0n) is 15.7. The molecule has 3 rings (SSSR count). The second kappa shape index (κ2) is 9.16. The molecule has 0 bridgehead atoms. The largest absolute Gasteiger partial charge is 0.484 e. The lowest BCUT2D eigenvalue weighted by Crippen LogP contribution is -2.54. The summed E-state index contributed by atoms with van der Waals surface area (Å²) in [6, 6.07) is 10.5. The highest BCUT2D eigenvalue weighted by Crippen LogP contribution is 2.13. The Morgan fingerprint density at radius 2 is 1.86 bits per heavy atom. The normalized spacial score (nSPS) is 15.1. The molecule has 1 aliphatic heterocycles. The van der Waals surface area contributed by atoms with E-state index >= 15 is 0 Å². The summed E-state index contributed by atoms with van der Waals surface area (Å²) in [7, 11) is 0. The lowest BCUT2D eigenvalue weighted by atomic mass is 10.2. The van der Waals surface area contributed by atoms with Crippen LogP contribution in [0.4, 0.5) is 10.2 Å². The van der Waals surface area contributed by atoms with Gasteiger partial charge in [-0.2, -0.15) is 0 Å². The van der Waals surface area contributed by atoms with Gasteiger partial charge >= 0.3 is 0 Å². The van der Waals surface area contributed by atoms with Crippen molar-refractivity contribution >= 4 is 17.6 Å². The highest BCUT2D eigenvalue weighted by Gasteiger charge is 2.26. The van der Waals surface area contributed by atoms with Crippen molar-refractivity contribution < 1.29 is 18.7 Å². The van der Waals surface area contributed by atoms with Crippen LogP contribution in [-0.4, -0.2) is 60.5 Å². The van der Waals surface area contributed by atoms with E-state index < -0.39 is 11.9 Å². The van der Waals surface area contributed by atoms with Gasteiger partial charge in [-0.15, -0.1) is 0 Å². The lowest BCUT2D eigenvalue weighted by Gasteiger charge is -2.36. The van der Waals surface area contributed by atoms with E-state index in [9.17, 15) is 14.0 Å². The summed E-state index contributed by atoms with van der Waals surface area (Å²) < 4.78 is 18.2. The zero-order chi connectivity index (χ0) is 19.9. The lowest BCUT2D eigenvalue weighted by molar-refractivity contribution is -0.136. The van der Waals surface area contributed by atoms with Crippen molar-refractivity contribution in [2.24, 2.45) is 0 Å². The van der Waals surface area contributed by atoms with E-state index in [0.717, 1.165) is 5.82 Å². The second-order valence-corrected chi connectivity index (χ2v) is 6.53. The molecule has 1 aliphatic rings. The van der Waals surface area contributed by atoms with Gasteiger partial charge < -0.3 is 19.9 Å². The first-order chi connectivity index (χ1) is 13.5. The average Bonchev–Trinajstić information content (AvgIpc) is 2.73. The van der Waals surface area contributed by atoms with Crippen LogP contribution in [0.3, 0.4) is 0 Å². The van der Waals surface area contributed by atoms with E-state index in [2.05, 4.69) is 15.2 Å². The van der Waals surface area contributed by atoms with Crippen LogP contribution in [0.1, 0.15) is 6.92 Å². The van der Waals surface area contributed by atoms with Gasteiger partial charge in [-0.1, -0.05) is 6.07 Å². The quantitative estimate of drug-likeness (QED) is 0.814. The number of benzene rings is 1. The van der Waals surface area contributed by atoms with Gasteiger partial charge in [-0.05, 0) is 43.3 Å². The van der Waals surface area contributed by atoms with Gasteiger partial charge in [-0.25, -0.2) is 9.37 Å². The number of rotatable bonds is 6. The van der Waals surface area contributed by atoms with Gasteiger partial charge in [0.15, 0.2) is 6.61 Å². The molecule has 2 amide bonds. The molecule has 1 atom stereocenters. The number of aromatic nitrogens is 1. The number of carbonyl (C=O) groups excluding carboxylic acids is 2. The summed E-state index contributed by atoms with van der Waals surface area (Å²) in [6.07, 6.45) is 1.75. The third-order valence-corrected chi connectivity index (χ3v) is 4.50. The minimum atomic E-state index is -0.647. The van der Waals surface area contributed by atoms with E-state index in [0.29, 0.717) is 31.9 Å². The Labute approximate surface area is 163 Å². The van der Waals surface area contributed by atoms with Crippen molar-refractivity contribution in [3.63, 3.8) is 0 Å². The molecule has 1 aromatic carbocycles. The molecule has 2 heterocycles. The van der Waals surface area contributed by atoms with Crippen molar-refractivity contribution in [1.82, 2.24) is 15.2 Å². The fraction of sp³-hybridized carbons (Fsp3) is 0.350. The van der Waals surface area contributed by atoms with E-state index in [4.69, 9.17) is 4.74 Å². The number of piperazine rings is 1. The number of ether oxygens (including phenoxy) is 1. The first kappa shape index (κ1) is 19.6. The van der Waals surface area contributed by atoms with Crippen molar-refractivity contribution in [3.8, 4) is 5.75 Å². The highest BCUT2D eigenvalue weighted by molar-refractivity contribution is 5.88. The Balaban J connectivity index is 1.43. The molecule has 0 spiro atoms. The average molecular weight is 386 g/mol. The van der Waals surface area contributed by atoms with Gasteiger partial charge in [0.2, 0.25) is 5.91 Å². The number of hydrogen-bond acceptors (Lipinski definition) is 5. The fourth-order valence-corrected chi connectivity index (χ4v) is 3.00. The predicted molar refractivity (Wildman–Crippen MR) is 103 cm³/mol. The molecule has 7 nitrogen and oxygen atoms in total. The molecule has 0 aliphatic carbocycles. The molecule has 2 aromatic rings. The van der Waals surface area contributed by atoms with Crippen molar-refractivity contribution in [2.45, 2.75) is 13.0 Å². The molecule has 0 unspecified atom stereocenters. The number of halogens is 1. The number of anilines is 1. The number of nitrogens with one attached hydrogen (secondary N) is 1. The summed E-state index contributed by atoms with van der Waals surface area (Å²) >= 11 is 0. The number of nitrogens with zero attached hydrogens (tertiary/aromatic N) is 3. The molecule has 28 heavy (non-hydrogen) atoms. The monoisotopic (exact) mass is 386 g/mol. The van der Waals surface area contributed by atoms with Crippen LogP contribution in [0.2, 0.25) is 0 Å². The van der Waals surface area contributed by atoms with Gasteiger partial charge in [0.05, 0.1) is 0 Å². The molecule has 1 fully saturated rings. The van der Waals surface area contributed by atoms with Gasteiger partial charge in [0, 0.05) is 32.4 Å². The Morgan fingerprint density at radius 3 is 2.50 bits per heavy atom. The summed E-state index contributed by atoms with van der Waals surface area (Å²) in [6.45, 7) is 3.94. The van der Waals surface area contributed by atoms with Crippen molar-refractivity contribution in [3.05, 3.63) is 54.5 Å². The number of amides is 2. The Bertz CT molecular complexity index is 793. The molecule has 148 valence electrons. The van der Waals surface area contributed by atoms with Crippen LogP contribution in [0.15, 0.2) is 48.7 Å². The Morgan fingerprint density at radius 1 is 1.14 bits per heavy atom. The van der Waals surface area contributed by atoms with E-state index in [1.807, 2.05) is 18.2 Å². The molecule has 0 saturated carbocycles. The van der Waals surface area contributed by atoms with Crippen LogP contribution in [0, 0.1) is 5.82 Å². The summed E-state index contributed by atoms with van der Waals surface area (Å²) in [5.41, 5.74) is 0. The van der Waals surface area contributed by atoms with Crippen LogP contribution in [0.5, 0.6) is 5.75 Å². The van der Waals surface area contributed by atoms with E-state index in [1.54, 1.807) is 18.0 Å². The first-order valence-corrected chi connectivity index (χ1v) is 9.15. The number of carbonyl (C=O) groups is 2. The zero-order valence-corrected chi connectivity index (χ0v) is 15.7. The van der Waals surface area contributed by atoms with E-state index in [1.165, 1.54) is 24.3 Å². The SMILES string of the molecule is C[C@H](NC(=O)COc1ccc(F)cc1)C(=O)N1CCN(c2ccccn2)CC1. The summed E-state index contributed by atoms with van der Waals surface area (Å²) in [5, 5.41) is 2.65. The molecule has 1 aromatic heterocycles. The third kappa shape index (κ3) is 5.18. The molecular weight excluding hydrogens is 363 g/mol. The van der Waals surface area contributed by atoms with Crippen molar-refractivity contribution in [2.75, 3.05) is 37.7 Å². The second-order valence-electron chi connectivity index (χ2n) is 6.53. The van der Waals surface area contributed by atoms with Gasteiger partial charge in [0.25, 0.3) is 5.91 Å². The third-order valence-electron chi connectivity index (χ3n) is 4.50. The van der Waals surface area contributed by atoms with Crippen LogP contribution in [0.25, 0.3) is 0 Å². The summed E-state index contributed by atoms with van der Waals surface area (Å²) in [4.78, 5) is 32.8. The van der Waals surface area contributed by atoms with E-state index in [-0.39, 0.29) is 18.3 Å². The number of hydrogen-bond donors (Lipinski definition) is 1. The van der Waals surface area contributed by atoms with Gasteiger partial charge in [-0.3, -0.25) is 9.59 Å².